The number of benzene rings is 1. The average Bonchev–Trinajstić information content (AvgIpc) is 2.76. The molecule has 1 aromatic rings. The molecule has 0 amide bonds. The first-order valence-electron chi connectivity index (χ1n) is 8.46. The lowest BCUT2D eigenvalue weighted by atomic mass is 10.1. The molecule has 0 heterocycles. The van der Waals surface area contributed by atoms with Gasteiger partial charge in [0.2, 0.25) is 0 Å². The summed E-state index contributed by atoms with van der Waals surface area (Å²) >= 11 is 0. The van der Waals surface area contributed by atoms with Crippen molar-refractivity contribution in [2.24, 2.45) is 5.73 Å². The van der Waals surface area contributed by atoms with Crippen molar-refractivity contribution in [2.75, 3.05) is 13.2 Å². The summed E-state index contributed by atoms with van der Waals surface area (Å²) in [5.74, 6) is 1.88. The van der Waals surface area contributed by atoms with Gasteiger partial charge in [0.1, 0.15) is 11.5 Å². The highest BCUT2D eigenvalue weighted by Crippen LogP contribution is 2.29. The van der Waals surface area contributed by atoms with Gasteiger partial charge in [0.15, 0.2) is 0 Å². The van der Waals surface area contributed by atoms with Crippen LogP contribution in [0.3, 0.4) is 0 Å². The molecular weight excluding hydrogens is 262 g/mol. The van der Waals surface area contributed by atoms with Gasteiger partial charge in [-0.3, -0.25) is 0 Å². The second-order valence-electron chi connectivity index (χ2n) is 5.89. The van der Waals surface area contributed by atoms with Gasteiger partial charge in [-0.1, -0.05) is 25.8 Å². The van der Waals surface area contributed by atoms with E-state index in [0.717, 1.165) is 30.9 Å². The summed E-state index contributed by atoms with van der Waals surface area (Å²) in [5.41, 5.74) is 6.92. The molecular formula is C18H29NO2. The van der Waals surface area contributed by atoms with E-state index in [9.17, 15) is 0 Å². The van der Waals surface area contributed by atoms with E-state index in [1.54, 1.807) is 0 Å². The molecule has 21 heavy (non-hydrogen) atoms. The lowest BCUT2D eigenvalue weighted by Crippen LogP contribution is -2.17. The lowest BCUT2D eigenvalue weighted by Gasteiger charge is -2.20. The Morgan fingerprint density at radius 3 is 2.57 bits per heavy atom. The molecule has 2 rings (SSSR count). The molecule has 0 aromatic heterocycles. The molecule has 0 bridgehead atoms. The summed E-state index contributed by atoms with van der Waals surface area (Å²) in [6.07, 6.45) is 9.81. The normalized spacial score (nSPS) is 16.5. The van der Waals surface area contributed by atoms with Crippen molar-refractivity contribution in [3.05, 3.63) is 23.8 Å². The topological polar surface area (TPSA) is 44.5 Å². The molecule has 0 unspecified atom stereocenters. The number of rotatable bonds is 7. The Bertz CT molecular complexity index is 412. The predicted molar refractivity (Wildman–Crippen MR) is 87.1 cm³/mol. The second-order valence-corrected chi connectivity index (χ2v) is 5.89. The quantitative estimate of drug-likeness (QED) is 0.770. The van der Waals surface area contributed by atoms with Crippen LogP contribution >= 0.6 is 0 Å². The van der Waals surface area contributed by atoms with Crippen molar-refractivity contribution in [2.45, 2.75) is 64.4 Å². The molecule has 3 heteroatoms. The van der Waals surface area contributed by atoms with Crippen molar-refractivity contribution in [3.8, 4) is 11.5 Å². The van der Waals surface area contributed by atoms with Gasteiger partial charge in [0, 0.05) is 6.07 Å². The van der Waals surface area contributed by atoms with Crippen LogP contribution in [0.2, 0.25) is 0 Å². The molecule has 1 saturated carbocycles. The van der Waals surface area contributed by atoms with Gasteiger partial charge in [-0.15, -0.1) is 0 Å². The molecule has 1 fully saturated rings. The van der Waals surface area contributed by atoms with Crippen molar-refractivity contribution in [3.63, 3.8) is 0 Å². The summed E-state index contributed by atoms with van der Waals surface area (Å²) in [5, 5.41) is 0. The minimum atomic E-state index is 0.352. The largest absolute Gasteiger partial charge is 0.493 e. The molecule has 0 saturated heterocycles. The molecule has 0 aliphatic heterocycles. The third-order valence-electron chi connectivity index (χ3n) is 4.02. The maximum absolute atomic E-state index is 6.30. The van der Waals surface area contributed by atoms with Crippen LogP contribution in [0.25, 0.3) is 0 Å². The van der Waals surface area contributed by atoms with Crippen molar-refractivity contribution >= 4 is 0 Å². The van der Waals surface area contributed by atoms with Crippen LogP contribution in [-0.4, -0.2) is 19.3 Å². The Balaban J connectivity index is 2.08. The molecule has 0 radical (unpaired) electrons. The summed E-state index contributed by atoms with van der Waals surface area (Å²) in [4.78, 5) is 0. The van der Waals surface area contributed by atoms with Crippen LogP contribution in [0.4, 0.5) is 0 Å². The Hall–Kier alpha value is -1.22. The number of nitrogens with two attached hydrogens (primary N) is 1. The van der Waals surface area contributed by atoms with Crippen LogP contribution in [0.15, 0.2) is 18.2 Å². The van der Waals surface area contributed by atoms with Crippen LogP contribution in [0, 0.1) is 0 Å². The minimum absolute atomic E-state index is 0.352. The lowest BCUT2D eigenvalue weighted by molar-refractivity contribution is 0.181. The fraction of sp³-hybridized carbons (Fsp3) is 0.667. The number of ether oxygens (including phenoxy) is 2. The SMILES string of the molecule is CCCOc1ccc(CCN)c(OC2CCCCCC2)c1. The molecule has 0 spiro atoms. The molecule has 2 N–H and O–H groups in total. The third kappa shape index (κ3) is 5.24. The van der Waals surface area contributed by atoms with Gasteiger partial charge in [0.05, 0.1) is 12.7 Å². The minimum Gasteiger partial charge on any atom is -0.493 e. The summed E-state index contributed by atoms with van der Waals surface area (Å²) in [7, 11) is 0. The summed E-state index contributed by atoms with van der Waals surface area (Å²) in [6, 6.07) is 6.18. The Kier molecular flexibility index (Phi) is 6.87. The standard InChI is InChI=1S/C18H29NO2/c1-2-13-20-17-10-9-15(11-12-19)18(14-17)21-16-7-5-3-4-6-8-16/h9-10,14,16H,2-8,11-13,19H2,1H3. The van der Waals surface area contributed by atoms with Gasteiger partial charge < -0.3 is 15.2 Å². The van der Waals surface area contributed by atoms with Gasteiger partial charge in [-0.25, -0.2) is 0 Å². The van der Waals surface area contributed by atoms with E-state index < -0.39 is 0 Å². The van der Waals surface area contributed by atoms with Crippen LogP contribution < -0.4 is 15.2 Å². The highest BCUT2D eigenvalue weighted by atomic mass is 16.5. The monoisotopic (exact) mass is 291 g/mol. The van der Waals surface area contributed by atoms with E-state index in [1.807, 2.05) is 12.1 Å². The van der Waals surface area contributed by atoms with Crippen molar-refractivity contribution in [1.82, 2.24) is 0 Å². The summed E-state index contributed by atoms with van der Waals surface area (Å²) < 4.78 is 12.0. The van der Waals surface area contributed by atoms with Crippen LogP contribution in [-0.2, 0) is 6.42 Å². The zero-order chi connectivity index (χ0) is 14.9. The number of hydrogen-bond donors (Lipinski definition) is 1. The van der Waals surface area contributed by atoms with Gasteiger partial charge in [0.25, 0.3) is 0 Å². The van der Waals surface area contributed by atoms with E-state index in [0.29, 0.717) is 12.6 Å². The molecule has 0 atom stereocenters. The first-order chi connectivity index (χ1) is 10.3. The van der Waals surface area contributed by atoms with E-state index >= 15 is 0 Å². The predicted octanol–water partition coefficient (Wildman–Crippen LogP) is 4.08. The van der Waals surface area contributed by atoms with Gasteiger partial charge in [-0.05, 0) is 56.7 Å². The molecule has 118 valence electrons. The van der Waals surface area contributed by atoms with Crippen LogP contribution in [0.1, 0.15) is 57.4 Å². The summed E-state index contributed by atoms with van der Waals surface area (Å²) in [6.45, 7) is 3.51. The molecule has 1 aliphatic rings. The molecule has 3 nitrogen and oxygen atoms in total. The average molecular weight is 291 g/mol. The first-order valence-corrected chi connectivity index (χ1v) is 8.46. The second kappa shape index (κ2) is 8.93. The first kappa shape index (κ1) is 16.2. The Labute approximate surface area is 128 Å². The maximum atomic E-state index is 6.30. The Morgan fingerprint density at radius 1 is 1.14 bits per heavy atom. The maximum Gasteiger partial charge on any atom is 0.126 e. The van der Waals surface area contributed by atoms with Gasteiger partial charge >= 0.3 is 0 Å². The fourth-order valence-electron chi connectivity index (χ4n) is 2.86. The van der Waals surface area contributed by atoms with E-state index in [1.165, 1.54) is 44.1 Å². The smallest absolute Gasteiger partial charge is 0.126 e. The highest BCUT2D eigenvalue weighted by molar-refractivity contribution is 5.41. The zero-order valence-electron chi connectivity index (χ0n) is 13.3. The van der Waals surface area contributed by atoms with E-state index in [4.69, 9.17) is 15.2 Å². The fourth-order valence-corrected chi connectivity index (χ4v) is 2.86. The highest BCUT2D eigenvalue weighted by Gasteiger charge is 2.16. The van der Waals surface area contributed by atoms with Gasteiger partial charge in [-0.2, -0.15) is 0 Å². The molecule has 1 aromatic carbocycles. The van der Waals surface area contributed by atoms with Crippen molar-refractivity contribution in [1.29, 1.82) is 0 Å². The van der Waals surface area contributed by atoms with Crippen molar-refractivity contribution < 1.29 is 9.47 Å². The molecule has 1 aliphatic carbocycles. The van der Waals surface area contributed by atoms with E-state index in [2.05, 4.69) is 13.0 Å². The zero-order valence-corrected chi connectivity index (χ0v) is 13.3. The third-order valence-corrected chi connectivity index (χ3v) is 4.02. The number of hydrogen-bond acceptors (Lipinski definition) is 3. The van der Waals surface area contributed by atoms with Crippen LogP contribution in [0.5, 0.6) is 11.5 Å². The Morgan fingerprint density at radius 2 is 1.90 bits per heavy atom. The van der Waals surface area contributed by atoms with E-state index in [-0.39, 0.29) is 0 Å².